The summed E-state index contributed by atoms with van der Waals surface area (Å²) in [6.07, 6.45) is 2.53. The van der Waals surface area contributed by atoms with E-state index in [2.05, 4.69) is 20.4 Å². The zero-order chi connectivity index (χ0) is 15.6. The first-order chi connectivity index (χ1) is 11.3. The SMILES string of the molecule is O=C(NCCN1CCCC1)c1[nH]nc2c1COc1ccccc1-2. The lowest BCUT2D eigenvalue weighted by atomic mass is 10.0. The summed E-state index contributed by atoms with van der Waals surface area (Å²) in [6, 6.07) is 7.76. The molecule has 4 rings (SSSR count). The molecule has 0 bridgehead atoms. The fourth-order valence-corrected chi connectivity index (χ4v) is 3.28. The number of likely N-dealkylation sites (tertiary alicyclic amines) is 1. The van der Waals surface area contributed by atoms with E-state index in [9.17, 15) is 4.79 Å². The molecule has 23 heavy (non-hydrogen) atoms. The molecule has 0 spiro atoms. The van der Waals surface area contributed by atoms with Gasteiger partial charge in [-0.1, -0.05) is 12.1 Å². The largest absolute Gasteiger partial charge is 0.488 e. The van der Waals surface area contributed by atoms with Crippen LogP contribution in [0.3, 0.4) is 0 Å². The molecule has 120 valence electrons. The van der Waals surface area contributed by atoms with Gasteiger partial charge in [0.1, 0.15) is 23.7 Å². The third kappa shape index (κ3) is 2.70. The van der Waals surface area contributed by atoms with E-state index in [0.717, 1.165) is 42.2 Å². The monoisotopic (exact) mass is 312 g/mol. The maximum Gasteiger partial charge on any atom is 0.269 e. The van der Waals surface area contributed by atoms with E-state index < -0.39 is 0 Å². The van der Waals surface area contributed by atoms with Crippen LogP contribution in [0.2, 0.25) is 0 Å². The van der Waals surface area contributed by atoms with E-state index in [1.807, 2.05) is 24.3 Å². The number of nitrogens with one attached hydrogen (secondary N) is 2. The summed E-state index contributed by atoms with van der Waals surface area (Å²) in [5.41, 5.74) is 3.09. The van der Waals surface area contributed by atoms with Gasteiger partial charge in [0, 0.05) is 24.2 Å². The molecule has 0 atom stereocenters. The standard InChI is InChI=1S/C17H20N4O2/c22-17(18-7-10-21-8-3-4-9-21)16-13-11-23-14-6-2-1-5-12(14)15(13)19-20-16/h1-2,5-6H,3-4,7-11H2,(H,18,22)(H,19,20). The molecule has 3 heterocycles. The van der Waals surface area contributed by atoms with E-state index in [0.29, 0.717) is 18.8 Å². The minimum absolute atomic E-state index is 0.110. The van der Waals surface area contributed by atoms with Crippen molar-refractivity contribution in [1.29, 1.82) is 0 Å². The third-order valence-corrected chi connectivity index (χ3v) is 4.52. The van der Waals surface area contributed by atoms with Crippen LogP contribution in [0.1, 0.15) is 28.9 Å². The van der Waals surface area contributed by atoms with Crippen LogP contribution in [0.4, 0.5) is 0 Å². The Balaban J connectivity index is 1.46. The summed E-state index contributed by atoms with van der Waals surface area (Å²) < 4.78 is 5.74. The average Bonchev–Trinajstić information content (AvgIpc) is 3.24. The van der Waals surface area contributed by atoms with Crippen molar-refractivity contribution in [2.45, 2.75) is 19.4 Å². The first-order valence-electron chi connectivity index (χ1n) is 8.13. The average molecular weight is 312 g/mol. The maximum atomic E-state index is 12.4. The topological polar surface area (TPSA) is 70.2 Å². The second-order valence-corrected chi connectivity index (χ2v) is 6.02. The first kappa shape index (κ1) is 14.3. The first-order valence-corrected chi connectivity index (χ1v) is 8.13. The van der Waals surface area contributed by atoms with Crippen molar-refractivity contribution in [3.05, 3.63) is 35.5 Å². The Morgan fingerprint density at radius 2 is 2.13 bits per heavy atom. The number of ether oxygens (including phenoxy) is 1. The summed E-state index contributed by atoms with van der Waals surface area (Å²) in [5, 5.41) is 10.2. The molecule has 1 saturated heterocycles. The summed E-state index contributed by atoms with van der Waals surface area (Å²) in [5.74, 6) is 0.702. The Kier molecular flexibility index (Phi) is 3.75. The van der Waals surface area contributed by atoms with Gasteiger partial charge < -0.3 is 15.0 Å². The van der Waals surface area contributed by atoms with Crippen LogP contribution in [-0.4, -0.2) is 47.2 Å². The smallest absolute Gasteiger partial charge is 0.269 e. The van der Waals surface area contributed by atoms with Crippen LogP contribution in [0.5, 0.6) is 5.75 Å². The number of nitrogens with zero attached hydrogens (tertiary/aromatic N) is 2. The number of amides is 1. The number of aromatic amines is 1. The zero-order valence-corrected chi connectivity index (χ0v) is 13.0. The van der Waals surface area contributed by atoms with Gasteiger partial charge in [-0.2, -0.15) is 5.10 Å². The van der Waals surface area contributed by atoms with Crippen molar-refractivity contribution < 1.29 is 9.53 Å². The van der Waals surface area contributed by atoms with Gasteiger partial charge in [0.05, 0.1) is 0 Å². The molecule has 1 aromatic carbocycles. The van der Waals surface area contributed by atoms with Crippen LogP contribution in [0, 0.1) is 0 Å². The van der Waals surface area contributed by atoms with Gasteiger partial charge in [0.2, 0.25) is 0 Å². The number of fused-ring (bicyclic) bond motifs is 3. The second kappa shape index (κ2) is 6.04. The fraction of sp³-hybridized carbons (Fsp3) is 0.412. The lowest BCUT2D eigenvalue weighted by Crippen LogP contribution is -2.34. The number of rotatable bonds is 4. The number of hydrogen-bond acceptors (Lipinski definition) is 4. The Morgan fingerprint density at radius 3 is 3.00 bits per heavy atom. The van der Waals surface area contributed by atoms with Crippen LogP contribution in [-0.2, 0) is 6.61 Å². The molecule has 2 N–H and O–H groups in total. The van der Waals surface area contributed by atoms with Crippen LogP contribution >= 0.6 is 0 Å². The quantitative estimate of drug-likeness (QED) is 0.903. The fourth-order valence-electron chi connectivity index (χ4n) is 3.28. The number of para-hydroxylation sites is 1. The van der Waals surface area contributed by atoms with Gasteiger partial charge in [0.25, 0.3) is 5.91 Å². The molecular formula is C17H20N4O2. The maximum absolute atomic E-state index is 12.4. The molecule has 2 aliphatic rings. The van der Waals surface area contributed by atoms with Gasteiger partial charge in [-0.05, 0) is 38.1 Å². The molecule has 6 heteroatoms. The highest BCUT2D eigenvalue weighted by atomic mass is 16.5. The highest BCUT2D eigenvalue weighted by molar-refractivity contribution is 5.96. The molecule has 1 amide bonds. The van der Waals surface area contributed by atoms with E-state index >= 15 is 0 Å². The Morgan fingerprint density at radius 1 is 1.30 bits per heavy atom. The van der Waals surface area contributed by atoms with E-state index in [1.54, 1.807) is 0 Å². The molecule has 1 aromatic heterocycles. The second-order valence-electron chi connectivity index (χ2n) is 6.02. The van der Waals surface area contributed by atoms with Gasteiger partial charge in [-0.15, -0.1) is 0 Å². The number of carbonyl (C=O) groups is 1. The molecule has 6 nitrogen and oxygen atoms in total. The number of carbonyl (C=O) groups excluding carboxylic acids is 1. The molecule has 2 aliphatic heterocycles. The van der Waals surface area contributed by atoms with Gasteiger partial charge in [0.15, 0.2) is 0 Å². The van der Waals surface area contributed by atoms with E-state index in [1.165, 1.54) is 12.8 Å². The van der Waals surface area contributed by atoms with Gasteiger partial charge in [-0.3, -0.25) is 9.89 Å². The van der Waals surface area contributed by atoms with Gasteiger partial charge in [-0.25, -0.2) is 0 Å². The summed E-state index contributed by atoms with van der Waals surface area (Å²) in [4.78, 5) is 14.8. The minimum Gasteiger partial charge on any atom is -0.488 e. The van der Waals surface area contributed by atoms with Crippen molar-refractivity contribution in [2.24, 2.45) is 0 Å². The third-order valence-electron chi connectivity index (χ3n) is 4.52. The highest BCUT2D eigenvalue weighted by Gasteiger charge is 2.26. The summed E-state index contributed by atoms with van der Waals surface area (Å²) in [7, 11) is 0. The molecular weight excluding hydrogens is 292 g/mol. The number of hydrogen-bond donors (Lipinski definition) is 2. The Labute approximate surface area is 134 Å². The van der Waals surface area contributed by atoms with Gasteiger partial charge >= 0.3 is 0 Å². The molecule has 0 aliphatic carbocycles. The normalized spacial score (nSPS) is 16.5. The molecule has 0 unspecified atom stereocenters. The molecule has 1 fully saturated rings. The number of aromatic nitrogens is 2. The molecule has 0 radical (unpaired) electrons. The van der Waals surface area contributed by atoms with Crippen molar-refractivity contribution in [3.8, 4) is 17.0 Å². The minimum atomic E-state index is -0.110. The van der Waals surface area contributed by atoms with E-state index in [-0.39, 0.29) is 5.91 Å². The summed E-state index contributed by atoms with van der Waals surface area (Å²) in [6.45, 7) is 4.21. The van der Waals surface area contributed by atoms with Crippen molar-refractivity contribution in [2.75, 3.05) is 26.2 Å². The zero-order valence-electron chi connectivity index (χ0n) is 13.0. The van der Waals surface area contributed by atoms with E-state index in [4.69, 9.17) is 4.74 Å². The highest BCUT2D eigenvalue weighted by Crippen LogP contribution is 2.36. The lowest BCUT2D eigenvalue weighted by Gasteiger charge is -2.17. The Bertz CT molecular complexity index is 719. The molecule has 2 aromatic rings. The lowest BCUT2D eigenvalue weighted by molar-refractivity contribution is 0.0942. The van der Waals surface area contributed by atoms with Crippen molar-refractivity contribution >= 4 is 5.91 Å². The van der Waals surface area contributed by atoms with Crippen molar-refractivity contribution in [3.63, 3.8) is 0 Å². The predicted octanol–water partition coefficient (Wildman–Crippen LogP) is 1.79. The number of benzene rings is 1. The molecule has 0 saturated carbocycles. The van der Waals surface area contributed by atoms with Crippen LogP contribution in [0.25, 0.3) is 11.3 Å². The number of H-pyrrole nitrogens is 1. The predicted molar refractivity (Wildman–Crippen MR) is 86.4 cm³/mol. The van der Waals surface area contributed by atoms with Crippen molar-refractivity contribution in [1.82, 2.24) is 20.4 Å². The Hall–Kier alpha value is -2.34. The van der Waals surface area contributed by atoms with Crippen LogP contribution in [0.15, 0.2) is 24.3 Å². The summed E-state index contributed by atoms with van der Waals surface area (Å²) >= 11 is 0. The van der Waals surface area contributed by atoms with Crippen LogP contribution < -0.4 is 10.1 Å².